The molecule has 0 aliphatic carbocycles. The third-order valence-electron chi connectivity index (χ3n) is 2.16. The van der Waals surface area contributed by atoms with E-state index in [0.29, 0.717) is 0 Å². The zero-order valence-corrected chi connectivity index (χ0v) is 8.13. The molecule has 1 aromatic carbocycles. The van der Waals surface area contributed by atoms with Crippen molar-refractivity contribution < 1.29 is 0 Å². The minimum atomic E-state index is 0.225. The summed E-state index contributed by atoms with van der Waals surface area (Å²) in [6.07, 6.45) is 1.76. The summed E-state index contributed by atoms with van der Waals surface area (Å²) in [5, 5.41) is 2.84. The van der Waals surface area contributed by atoms with Crippen molar-refractivity contribution in [1.82, 2.24) is 4.98 Å². The van der Waals surface area contributed by atoms with E-state index in [1.165, 1.54) is 0 Å². The quantitative estimate of drug-likeness (QED) is 0.711. The summed E-state index contributed by atoms with van der Waals surface area (Å²) in [5.74, 6) is 0. The van der Waals surface area contributed by atoms with Crippen molar-refractivity contribution >= 4 is 0 Å². The molecule has 0 aliphatic rings. The molecule has 0 radical (unpaired) electrons. The van der Waals surface area contributed by atoms with Crippen LogP contribution in [0.3, 0.4) is 0 Å². The van der Waals surface area contributed by atoms with Crippen molar-refractivity contribution in [1.29, 1.82) is 0 Å². The van der Waals surface area contributed by atoms with E-state index in [4.69, 9.17) is 0 Å². The highest BCUT2D eigenvalue weighted by atomic mass is 16.3. The maximum absolute atomic E-state index is 10.1. The lowest BCUT2D eigenvalue weighted by Crippen LogP contribution is -1.84. The summed E-state index contributed by atoms with van der Waals surface area (Å²) >= 11 is 0. The van der Waals surface area contributed by atoms with Crippen LogP contribution in [0.25, 0.3) is 11.3 Å². The number of aromatic nitrogens is 1. The summed E-state index contributed by atoms with van der Waals surface area (Å²) in [5.41, 5.74) is 2.90. The van der Waals surface area contributed by atoms with Gasteiger partial charge >= 0.3 is 0 Å². The van der Waals surface area contributed by atoms with Crippen molar-refractivity contribution in [2.24, 2.45) is 5.18 Å². The zero-order valence-electron chi connectivity index (χ0n) is 8.13. The number of hydrogen-bond donors (Lipinski definition) is 0. The summed E-state index contributed by atoms with van der Waals surface area (Å²) < 4.78 is 0. The largest absolute Gasteiger partial charge is 0.256 e. The third kappa shape index (κ3) is 2.26. The van der Waals surface area contributed by atoms with Gasteiger partial charge in [-0.05, 0) is 17.7 Å². The highest BCUT2D eigenvalue weighted by molar-refractivity contribution is 5.58. The van der Waals surface area contributed by atoms with Crippen LogP contribution in [0.2, 0.25) is 0 Å². The van der Waals surface area contributed by atoms with Gasteiger partial charge in [0.25, 0.3) is 0 Å². The van der Waals surface area contributed by atoms with Gasteiger partial charge in [-0.3, -0.25) is 4.98 Å². The Bertz CT molecular complexity index is 437. The second-order valence-corrected chi connectivity index (χ2v) is 3.20. The van der Waals surface area contributed by atoms with Gasteiger partial charge in [-0.15, -0.1) is 0 Å². The summed E-state index contributed by atoms with van der Waals surface area (Å²) in [4.78, 5) is 14.3. The van der Waals surface area contributed by atoms with E-state index in [1.54, 1.807) is 6.20 Å². The average molecular weight is 198 g/mol. The first-order valence-electron chi connectivity index (χ1n) is 4.69. The average Bonchev–Trinajstić information content (AvgIpc) is 2.32. The van der Waals surface area contributed by atoms with Crippen molar-refractivity contribution in [3.05, 3.63) is 59.1 Å². The van der Waals surface area contributed by atoms with Crippen LogP contribution in [0.15, 0.2) is 53.8 Å². The Morgan fingerprint density at radius 1 is 1.07 bits per heavy atom. The molecule has 3 nitrogen and oxygen atoms in total. The number of rotatable bonds is 3. The van der Waals surface area contributed by atoms with E-state index in [9.17, 15) is 4.91 Å². The van der Waals surface area contributed by atoms with Gasteiger partial charge in [0.2, 0.25) is 0 Å². The van der Waals surface area contributed by atoms with Crippen LogP contribution in [-0.4, -0.2) is 4.98 Å². The highest BCUT2D eigenvalue weighted by Crippen LogP contribution is 2.16. The SMILES string of the molecule is O=NCc1ccc(-c2ccccn2)cc1. The molecular weight excluding hydrogens is 188 g/mol. The molecule has 0 saturated heterocycles. The molecule has 2 rings (SSSR count). The summed E-state index contributed by atoms with van der Waals surface area (Å²) in [6, 6.07) is 13.5. The molecule has 1 heterocycles. The van der Waals surface area contributed by atoms with Crippen molar-refractivity contribution in [3.8, 4) is 11.3 Å². The topological polar surface area (TPSA) is 42.3 Å². The Balaban J connectivity index is 2.28. The molecule has 0 aliphatic heterocycles. The van der Waals surface area contributed by atoms with Gasteiger partial charge in [0.1, 0.15) is 6.54 Å². The lowest BCUT2D eigenvalue weighted by Gasteiger charge is -2.00. The smallest absolute Gasteiger partial charge is 0.106 e. The fraction of sp³-hybridized carbons (Fsp3) is 0.0833. The highest BCUT2D eigenvalue weighted by Gasteiger charge is 1.97. The lowest BCUT2D eigenvalue weighted by atomic mass is 10.1. The maximum Gasteiger partial charge on any atom is 0.106 e. The van der Waals surface area contributed by atoms with Gasteiger partial charge in [0, 0.05) is 11.8 Å². The van der Waals surface area contributed by atoms with E-state index in [0.717, 1.165) is 16.8 Å². The van der Waals surface area contributed by atoms with Crippen LogP contribution < -0.4 is 0 Å². The molecule has 74 valence electrons. The second-order valence-electron chi connectivity index (χ2n) is 3.20. The molecule has 0 saturated carbocycles. The molecule has 0 amide bonds. The minimum Gasteiger partial charge on any atom is -0.256 e. The van der Waals surface area contributed by atoms with Gasteiger partial charge in [0.15, 0.2) is 0 Å². The molecule has 0 fully saturated rings. The Hall–Kier alpha value is -2.03. The van der Waals surface area contributed by atoms with Crippen LogP contribution in [0, 0.1) is 4.91 Å². The molecule has 0 atom stereocenters. The first-order chi connectivity index (χ1) is 7.40. The fourth-order valence-electron chi connectivity index (χ4n) is 1.39. The number of nitroso groups, excluding NO2 is 1. The zero-order chi connectivity index (χ0) is 10.5. The maximum atomic E-state index is 10.1. The summed E-state index contributed by atoms with van der Waals surface area (Å²) in [6.45, 7) is 0.225. The van der Waals surface area contributed by atoms with E-state index < -0.39 is 0 Å². The molecule has 0 spiro atoms. The molecule has 0 unspecified atom stereocenters. The van der Waals surface area contributed by atoms with Gasteiger partial charge in [0.05, 0.1) is 5.69 Å². The minimum absolute atomic E-state index is 0.225. The normalized spacial score (nSPS) is 9.87. The number of benzene rings is 1. The Labute approximate surface area is 87.8 Å². The van der Waals surface area contributed by atoms with Crippen LogP contribution in [0.1, 0.15) is 5.56 Å². The molecule has 15 heavy (non-hydrogen) atoms. The van der Waals surface area contributed by atoms with Crippen molar-refractivity contribution in [3.63, 3.8) is 0 Å². The third-order valence-corrected chi connectivity index (χ3v) is 2.16. The first kappa shape index (κ1) is 9.52. The van der Waals surface area contributed by atoms with E-state index in [1.807, 2.05) is 42.5 Å². The lowest BCUT2D eigenvalue weighted by molar-refractivity contribution is 1.05. The Kier molecular flexibility index (Phi) is 2.83. The van der Waals surface area contributed by atoms with Gasteiger partial charge in [-0.25, -0.2) is 0 Å². The van der Waals surface area contributed by atoms with E-state index >= 15 is 0 Å². The molecular formula is C12H10N2O. The molecule has 0 bridgehead atoms. The Morgan fingerprint density at radius 3 is 2.47 bits per heavy atom. The predicted octanol–water partition coefficient (Wildman–Crippen LogP) is 3.02. The fourth-order valence-corrected chi connectivity index (χ4v) is 1.39. The summed E-state index contributed by atoms with van der Waals surface area (Å²) in [7, 11) is 0. The van der Waals surface area contributed by atoms with Crippen molar-refractivity contribution in [2.45, 2.75) is 6.54 Å². The number of nitrogens with zero attached hydrogens (tertiary/aromatic N) is 2. The molecule has 0 N–H and O–H groups in total. The molecule has 3 heteroatoms. The standard InChI is InChI=1S/C12H10N2O/c15-14-9-10-4-6-11(7-5-10)12-3-1-2-8-13-12/h1-8H,9H2. The van der Waals surface area contributed by atoms with Crippen LogP contribution in [0.5, 0.6) is 0 Å². The van der Waals surface area contributed by atoms with Crippen molar-refractivity contribution in [2.75, 3.05) is 0 Å². The van der Waals surface area contributed by atoms with Gasteiger partial charge < -0.3 is 0 Å². The number of pyridine rings is 1. The second kappa shape index (κ2) is 4.46. The predicted molar refractivity (Wildman–Crippen MR) is 59.2 cm³/mol. The molecule has 2 aromatic rings. The van der Waals surface area contributed by atoms with Gasteiger partial charge in [-0.1, -0.05) is 35.5 Å². The van der Waals surface area contributed by atoms with E-state index in [2.05, 4.69) is 10.2 Å². The van der Waals surface area contributed by atoms with Crippen LogP contribution >= 0.6 is 0 Å². The van der Waals surface area contributed by atoms with Gasteiger partial charge in [-0.2, -0.15) is 4.91 Å². The number of hydrogen-bond acceptors (Lipinski definition) is 3. The Morgan fingerprint density at radius 2 is 1.87 bits per heavy atom. The van der Waals surface area contributed by atoms with E-state index in [-0.39, 0.29) is 6.54 Å². The molecule has 1 aromatic heterocycles. The van der Waals surface area contributed by atoms with Crippen LogP contribution in [0.4, 0.5) is 0 Å². The van der Waals surface area contributed by atoms with Crippen LogP contribution in [-0.2, 0) is 6.54 Å². The monoisotopic (exact) mass is 198 g/mol. The first-order valence-corrected chi connectivity index (χ1v) is 4.69.